The van der Waals surface area contributed by atoms with Crippen LogP contribution in [-0.4, -0.2) is 37.3 Å². The third kappa shape index (κ3) is 7.64. The maximum atomic E-state index is 13.4. The zero-order valence-electron chi connectivity index (χ0n) is 18.4. The number of guanidine groups is 1. The van der Waals surface area contributed by atoms with E-state index in [2.05, 4.69) is 44.8 Å². The lowest BCUT2D eigenvalue weighted by molar-refractivity contribution is 0.203. The van der Waals surface area contributed by atoms with Crippen LogP contribution in [0.2, 0.25) is 0 Å². The fourth-order valence-corrected chi connectivity index (χ4v) is 3.70. The van der Waals surface area contributed by atoms with Crippen molar-refractivity contribution < 1.29 is 9.50 Å². The molecule has 5 nitrogen and oxygen atoms in total. The molecule has 0 aliphatic carbocycles. The maximum Gasteiger partial charge on any atom is 0.191 e. The van der Waals surface area contributed by atoms with Crippen molar-refractivity contribution in [1.29, 1.82) is 0 Å². The van der Waals surface area contributed by atoms with E-state index in [4.69, 9.17) is 0 Å². The Kier molecular flexibility index (Phi) is 10.5. The lowest BCUT2D eigenvalue weighted by atomic mass is 9.97. The molecule has 3 rings (SSSR count). The quantitative estimate of drug-likeness (QED) is 0.280. The molecule has 1 heterocycles. The van der Waals surface area contributed by atoms with E-state index >= 15 is 0 Å². The lowest BCUT2D eigenvalue weighted by Gasteiger charge is -2.33. The number of piperidine rings is 1. The van der Waals surface area contributed by atoms with E-state index in [0.29, 0.717) is 31.2 Å². The second-order valence-corrected chi connectivity index (χ2v) is 7.91. The summed E-state index contributed by atoms with van der Waals surface area (Å²) in [6.45, 7) is 8.07. The van der Waals surface area contributed by atoms with Gasteiger partial charge in [-0.3, -0.25) is 0 Å². The predicted octanol–water partition coefficient (Wildman–Crippen LogP) is 4.22. The molecule has 7 heteroatoms. The summed E-state index contributed by atoms with van der Waals surface area (Å²) >= 11 is 0. The molecule has 1 aliphatic rings. The lowest BCUT2D eigenvalue weighted by Crippen LogP contribution is -2.36. The summed E-state index contributed by atoms with van der Waals surface area (Å²) in [5.74, 6) is 1.01. The van der Waals surface area contributed by atoms with Gasteiger partial charge in [-0.1, -0.05) is 24.3 Å². The minimum absolute atomic E-state index is 0. The van der Waals surface area contributed by atoms with Gasteiger partial charge in [0.2, 0.25) is 0 Å². The highest BCUT2D eigenvalue weighted by Gasteiger charge is 2.18. The highest BCUT2D eigenvalue weighted by molar-refractivity contribution is 14.0. The van der Waals surface area contributed by atoms with Crippen molar-refractivity contribution in [2.45, 2.75) is 39.8 Å². The van der Waals surface area contributed by atoms with Crippen LogP contribution >= 0.6 is 24.0 Å². The molecule has 0 atom stereocenters. The standard InChI is InChI=1S/C24H33FN4O.HI/c1-3-26-24(28-16-21-6-9-23(25)18(2)14-21)27-15-19-4-7-22(8-5-19)29-12-10-20(17-30)11-13-29;/h4-9,14,20,30H,3,10-13,15-17H2,1-2H3,(H2,26,27,28);1H. The van der Waals surface area contributed by atoms with E-state index in [-0.39, 0.29) is 29.8 Å². The molecule has 3 N–H and O–H groups in total. The minimum atomic E-state index is -0.186. The molecular weight excluding hydrogens is 506 g/mol. The molecule has 0 saturated carbocycles. The zero-order valence-corrected chi connectivity index (χ0v) is 20.7. The molecular formula is C24H34FIN4O. The fourth-order valence-electron chi connectivity index (χ4n) is 3.70. The van der Waals surface area contributed by atoms with E-state index in [0.717, 1.165) is 44.0 Å². The molecule has 170 valence electrons. The first kappa shape index (κ1) is 25.4. The number of anilines is 1. The Morgan fingerprint density at radius 2 is 1.77 bits per heavy atom. The molecule has 1 saturated heterocycles. The Labute approximate surface area is 202 Å². The van der Waals surface area contributed by atoms with Crippen molar-refractivity contribution in [3.05, 3.63) is 65.0 Å². The van der Waals surface area contributed by atoms with Crippen molar-refractivity contribution >= 4 is 35.6 Å². The van der Waals surface area contributed by atoms with Gasteiger partial charge in [-0.2, -0.15) is 0 Å². The third-order valence-electron chi connectivity index (χ3n) is 5.62. The van der Waals surface area contributed by atoms with E-state index < -0.39 is 0 Å². The van der Waals surface area contributed by atoms with Crippen LogP contribution in [0.25, 0.3) is 0 Å². The first-order chi connectivity index (χ1) is 14.6. The van der Waals surface area contributed by atoms with Gasteiger partial charge in [-0.25, -0.2) is 9.38 Å². The summed E-state index contributed by atoms with van der Waals surface area (Å²) in [5, 5.41) is 15.9. The smallest absolute Gasteiger partial charge is 0.191 e. The molecule has 31 heavy (non-hydrogen) atoms. The number of halogens is 2. The summed E-state index contributed by atoms with van der Waals surface area (Å²) in [7, 11) is 0. The monoisotopic (exact) mass is 540 g/mol. The van der Waals surface area contributed by atoms with Crippen LogP contribution in [0.5, 0.6) is 0 Å². The van der Waals surface area contributed by atoms with E-state index in [1.54, 1.807) is 13.0 Å². The van der Waals surface area contributed by atoms with E-state index in [9.17, 15) is 9.50 Å². The van der Waals surface area contributed by atoms with Crippen LogP contribution in [0.4, 0.5) is 10.1 Å². The number of aliphatic hydroxyl groups is 1. The minimum Gasteiger partial charge on any atom is -0.396 e. The molecule has 0 amide bonds. The molecule has 0 bridgehead atoms. The van der Waals surface area contributed by atoms with Crippen molar-refractivity contribution in [3.63, 3.8) is 0 Å². The number of aryl methyl sites for hydroxylation is 1. The Hall–Kier alpha value is -1.87. The SMILES string of the molecule is CCNC(=NCc1ccc(F)c(C)c1)NCc1ccc(N2CCC(CO)CC2)cc1.I. The highest BCUT2D eigenvalue weighted by atomic mass is 127. The van der Waals surface area contributed by atoms with Crippen molar-refractivity contribution in [1.82, 2.24) is 10.6 Å². The van der Waals surface area contributed by atoms with Crippen LogP contribution < -0.4 is 15.5 Å². The fraction of sp³-hybridized carbons (Fsp3) is 0.458. The number of benzene rings is 2. The normalized spacial score (nSPS) is 14.8. The van der Waals surface area contributed by atoms with Gasteiger partial charge in [0.05, 0.1) is 6.54 Å². The van der Waals surface area contributed by atoms with E-state index in [1.807, 2.05) is 13.0 Å². The van der Waals surface area contributed by atoms with Crippen molar-refractivity contribution in [2.24, 2.45) is 10.9 Å². The average Bonchev–Trinajstić information content (AvgIpc) is 2.78. The van der Waals surface area contributed by atoms with Gasteiger partial charge in [0.1, 0.15) is 5.82 Å². The largest absolute Gasteiger partial charge is 0.396 e. The van der Waals surface area contributed by atoms with Crippen LogP contribution in [-0.2, 0) is 13.1 Å². The van der Waals surface area contributed by atoms with Gasteiger partial charge in [-0.05, 0) is 67.5 Å². The molecule has 0 aromatic heterocycles. The number of rotatable bonds is 7. The van der Waals surface area contributed by atoms with Crippen LogP contribution in [0.3, 0.4) is 0 Å². The summed E-state index contributed by atoms with van der Waals surface area (Å²) in [6.07, 6.45) is 2.10. The number of hydrogen-bond donors (Lipinski definition) is 3. The summed E-state index contributed by atoms with van der Waals surface area (Å²) in [5.41, 5.74) is 4.05. The van der Waals surface area contributed by atoms with Gasteiger partial charge in [-0.15, -0.1) is 24.0 Å². The molecule has 0 spiro atoms. The number of aliphatic imine (C=N–C) groups is 1. The second-order valence-electron chi connectivity index (χ2n) is 7.91. The molecule has 1 fully saturated rings. The Bertz CT molecular complexity index is 836. The maximum absolute atomic E-state index is 13.4. The summed E-state index contributed by atoms with van der Waals surface area (Å²) in [4.78, 5) is 7.01. The first-order valence-corrected chi connectivity index (χ1v) is 10.8. The predicted molar refractivity (Wildman–Crippen MR) is 137 cm³/mol. The van der Waals surface area contributed by atoms with Crippen LogP contribution in [0.1, 0.15) is 36.5 Å². The van der Waals surface area contributed by atoms with Gasteiger partial charge < -0.3 is 20.6 Å². The van der Waals surface area contributed by atoms with E-state index in [1.165, 1.54) is 17.3 Å². The zero-order chi connectivity index (χ0) is 21.3. The van der Waals surface area contributed by atoms with Crippen LogP contribution in [0, 0.1) is 18.7 Å². The molecule has 2 aromatic carbocycles. The third-order valence-corrected chi connectivity index (χ3v) is 5.62. The Morgan fingerprint density at radius 1 is 1.10 bits per heavy atom. The molecule has 0 unspecified atom stereocenters. The number of aliphatic hydroxyl groups excluding tert-OH is 1. The van der Waals surface area contributed by atoms with Crippen molar-refractivity contribution in [2.75, 3.05) is 31.1 Å². The first-order valence-electron chi connectivity index (χ1n) is 10.8. The summed E-state index contributed by atoms with van der Waals surface area (Å²) in [6, 6.07) is 13.7. The number of nitrogens with one attached hydrogen (secondary N) is 2. The average molecular weight is 540 g/mol. The highest BCUT2D eigenvalue weighted by Crippen LogP contribution is 2.23. The van der Waals surface area contributed by atoms with Gasteiger partial charge >= 0.3 is 0 Å². The van der Waals surface area contributed by atoms with Crippen molar-refractivity contribution in [3.8, 4) is 0 Å². The topological polar surface area (TPSA) is 59.9 Å². The molecule has 0 radical (unpaired) electrons. The Morgan fingerprint density at radius 3 is 2.39 bits per heavy atom. The molecule has 1 aliphatic heterocycles. The van der Waals surface area contributed by atoms with Gasteiger partial charge in [0.15, 0.2) is 5.96 Å². The molecule has 2 aromatic rings. The second kappa shape index (κ2) is 12.9. The Balaban J connectivity index is 0.00000341. The van der Waals surface area contributed by atoms with Gasteiger partial charge in [0.25, 0.3) is 0 Å². The number of nitrogens with zero attached hydrogens (tertiary/aromatic N) is 2. The van der Waals surface area contributed by atoms with Crippen LogP contribution in [0.15, 0.2) is 47.5 Å². The summed E-state index contributed by atoms with van der Waals surface area (Å²) < 4.78 is 13.4. The van der Waals surface area contributed by atoms with Gasteiger partial charge in [0, 0.05) is 38.5 Å². The number of hydrogen-bond acceptors (Lipinski definition) is 3.